The van der Waals surface area contributed by atoms with Gasteiger partial charge in [0.15, 0.2) is 10.8 Å². The van der Waals surface area contributed by atoms with Gasteiger partial charge >= 0.3 is 6.18 Å². The first-order chi connectivity index (χ1) is 14.8. The molecule has 1 atom stereocenters. The maximum absolute atomic E-state index is 12.7. The topological polar surface area (TPSA) is 97.0 Å². The molecular formula is C21H18F3N5OS. The summed E-state index contributed by atoms with van der Waals surface area (Å²) in [5, 5.41) is 15.6. The lowest BCUT2D eigenvalue weighted by Gasteiger charge is -2.13. The lowest BCUT2D eigenvalue weighted by Crippen LogP contribution is -2.31. The standard InChI is InChI=1S/C21H18F3N5OS/c22-21(23,24)19-17(30)6-12(8-27-19)5-16(25)10-28-20-29-11-18(31-20)14-1-2-15-9-26-4-3-13(15)7-14/h1-4,6-9,11,16,30H,5,10,25H2,(H,28,29)/t16-/m0/s1. The number of aromatic nitrogens is 3. The van der Waals surface area contributed by atoms with Crippen LogP contribution in [0.25, 0.3) is 21.2 Å². The van der Waals surface area contributed by atoms with Gasteiger partial charge in [-0.25, -0.2) is 9.97 Å². The summed E-state index contributed by atoms with van der Waals surface area (Å²) in [5.74, 6) is -0.902. The van der Waals surface area contributed by atoms with E-state index in [-0.39, 0.29) is 6.42 Å². The average Bonchev–Trinajstić information content (AvgIpc) is 3.20. The largest absolute Gasteiger partial charge is 0.506 e. The van der Waals surface area contributed by atoms with Crippen LogP contribution < -0.4 is 11.1 Å². The third-order valence-corrected chi connectivity index (χ3v) is 5.64. The zero-order valence-electron chi connectivity index (χ0n) is 16.1. The molecule has 0 aliphatic heterocycles. The summed E-state index contributed by atoms with van der Waals surface area (Å²) in [6, 6.07) is 8.69. The minimum atomic E-state index is -4.70. The van der Waals surface area contributed by atoms with Gasteiger partial charge in [0.1, 0.15) is 5.75 Å². The third-order valence-electron chi connectivity index (χ3n) is 4.64. The van der Waals surface area contributed by atoms with Crippen LogP contribution in [-0.2, 0) is 12.6 Å². The maximum Gasteiger partial charge on any atom is 0.437 e. The molecule has 6 nitrogen and oxygen atoms in total. The molecule has 4 rings (SSSR count). The monoisotopic (exact) mass is 445 g/mol. The van der Waals surface area contributed by atoms with Gasteiger partial charge in [-0.15, -0.1) is 0 Å². The third kappa shape index (κ3) is 4.92. The smallest absolute Gasteiger partial charge is 0.437 e. The molecule has 31 heavy (non-hydrogen) atoms. The molecule has 0 aliphatic carbocycles. The van der Waals surface area contributed by atoms with E-state index in [2.05, 4.69) is 26.3 Å². The maximum atomic E-state index is 12.7. The molecule has 0 bridgehead atoms. The first-order valence-corrected chi connectivity index (χ1v) is 10.2. The Morgan fingerprint density at radius 2 is 1.90 bits per heavy atom. The van der Waals surface area contributed by atoms with Gasteiger partial charge in [0.2, 0.25) is 0 Å². The second kappa shape index (κ2) is 8.48. The lowest BCUT2D eigenvalue weighted by molar-refractivity contribution is -0.142. The highest BCUT2D eigenvalue weighted by atomic mass is 32.1. The van der Waals surface area contributed by atoms with Crippen molar-refractivity contribution in [1.82, 2.24) is 15.0 Å². The minimum Gasteiger partial charge on any atom is -0.506 e. The number of thiazole rings is 1. The van der Waals surface area contributed by atoms with E-state index in [1.54, 1.807) is 12.4 Å². The Hall–Kier alpha value is -3.24. The van der Waals surface area contributed by atoms with Crippen molar-refractivity contribution in [3.05, 3.63) is 66.4 Å². The number of nitrogens with zero attached hydrogens (tertiary/aromatic N) is 3. The van der Waals surface area contributed by atoms with Crippen LogP contribution in [0, 0.1) is 0 Å². The Kier molecular flexibility index (Phi) is 5.75. The lowest BCUT2D eigenvalue weighted by atomic mass is 10.1. The molecule has 3 heterocycles. The highest BCUT2D eigenvalue weighted by Gasteiger charge is 2.35. The summed E-state index contributed by atoms with van der Waals surface area (Å²) >= 11 is 1.48. The van der Waals surface area contributed by atoms with E-state index < -0.39 is 23.7 Å². The van der Waals surface area contributed by atoms with Crippen molar-refractivity contribution in [2.75, 3.05) is 11.9 Å². The first kappa shape index (κ1) is 21.0. The number of fused-ring (bicyclic) bond motifs is 1. The number of hydrogen-bond acceptors (Lipinski definition) is 7. The van der Waals surface area contributed by atoms with E-state index in [0.717, 1.165) is 33.5 Å². The van der Waals surface area contributed by atoms with Gasteiger partial charge in [0, 0.05) is 42.8 Å². The Morgan fingerprint density at radius 1 is 1.06 bits per heavy atom. The summed E-state index contributed by atoms with van der Waals surface area (Å²) in [7, 11) is 0. The molecule has 3 aromatic heterocycles. The number of pyridine rings is 2. The number of rotatable bonds is 6. The first-order valence-electron chi connectivity index (χ1n) is 9.34. The van der Waals surface area contributed by atoms with Gasteiger partial charge in [0.25, 0.3) is 0 Å². The highest BCUT2D eigenvalue weighted by Crippen LogP contribution is 2.34. The van der Waals surface area contributed by atoms with E-state index in [9.17, 15) is 18.3 Å². The summed E-state index contributed by atoms with van der Waals surface area (Å²) in [6.07, 6.45) is 1.97. The summed E-state index contributed by atoms with van der Waals surface area (Å²) < 4.78 is 38.1. The second-order valence-electron chi connectivity index (χ2n) is 7.02. The van der Waals surface area contributed by atoms with Crippen LogP contribution >= 0.6 is 11.3 Å². The molecule has 0 saturated carbocycles. The Morgan fingerprint density at radius 3 is 2.68 bits per heavy atom. The predicted octanol–water partition coefficient (Wildman–Crippen LogP) is 4.46. The summed E-state index contributed by atoms with van der Waals surface area (Å²) in [4.78, 5) is 12.8. The Balaban J connectivity index is 1.37. The average molecular weight is 445 g/mol. The summed E-state index contributed by atoms with van der Waals surface area (Å²) in [6.45, 7) is 0.359. The number of benzene rings is 1. The van der Waals surface area contributed by atoms with Crippen LogP contribution in [0.3, 0.4) is 0 Å². The zero-order valence-corrected chi connectivity index (χ0v) is 16.9. The zero-order chi connectivity index (χ0) is 22.0. The molecular weight excluding hydrogens is 427 g/mol. The Labute approximate surface area is 179 Å². The number of hydrogen-bond donors (Lipinski definition) is 3. The number of halogens is 3. The van der Waals surface area contributed by atoms with Crippen molar-refractivity contribution in [1.29, 1.82) is 0 Å². The molecule has 160 valence electrons. The molecule has 0 aliphatic rings. The number of anilines is 1. The van der Waals surface area contributed by atoms with Crippen LogP contribution in [0.15, 0.2) is 55.1 Å². The highest BCUT2D eigenvalue weighted by molar-refractivity contribution is 7.18. The number of nitrogens with two attached hydrogens (primary N) is 1. The molecule has 0 saturated heterocycles. The van der Waals surface area contributed by atoms with Crippen LogP contribution in [-0.4, -0.2) is 32.6 Å². The summed E-state index contributed by atoms with van der Waals surface area (Å²) in [5.41, 5.74) is 6.24. The van der Waals surface area contributed by atoms with Gasteiger partial charge in [-0.05, 0) is 41.1 Å². The quantitative estimate of drug-likeness (QED) is 0.406. The van der Waals surface area contributed by atoms with Crippen LogP contribution in [0.2, 0.25) is 0 Å². The number of alkyl halides is 3. The van der Waals surface area contributed by atoms with E-state index in [4.69, 9.17) is 5.73 Å². The molecule has 0 unspecified atom stereocenters. The second-order valence-corrected chi connectivity index (χ2v) is 8.05. The molecule has 0 radical (unpaired) electrons. The molecule has 0 amide bonds. The van der Waals surface area contributed by atoms with Gasteiger partial charge in [-0.1, -0.05) is 23.5 Å². The van der Waals surface area contributed by atoms with Crippen molar-refractivity contribution < 1.29 is 18.3 Å². The van der Waals surface area contributed by atoms with Crippen LogP contribution in [0.4, 0.5) is 18.3 Å². The van der Waals surface area contributed by atoms with Crippen molar-refractivity contribution in [3.8, 4) is 16.2 Å². The van der Waals surface area contributed by atoms with Crippen molar-refractivity contribution >= 4 is 27.2 Å². The van der Waals surface area contributed by atoms with Crippen molar-refractivity contribution in [3.63, 3.8) is 0 Å². The van der Waals surface area contributed by atoms with Gasteiger partial charge in [0.05, 0.1) is 4.88 Å². The van der Waals surface area contributed by atoms with E-state index >= 15 is 0 Å². The predicted molar refractivity (Wildman–Crippen MR) is 114 cm³/mol. The fraction of sp³-hybridized carbons (Fsp3) is 0.190. The molecule has 10 heteroatoms. The van der Waals surface area contributed by atoms with E-state index in [0.29, 0.717) is 17.2 Å². The number of nitrogens with one attached hydrogen (secondary N) is 1. The molecule has 4 N–H and O–H groups in total. The molecule has 0 spiro atoms. The van der Waals surface area contributed by atoms with Crippen molar-refractivity contribution in [2.45, 2.75) is 18.6 Å². The van der Waals surface area contributed by atoms with E-state index in [1.165, 1.54) is 11.3 Å². The van der Waals surface area contributed by atoms with Gasteiger partial charge in [-0.2, -0.15) is 13.2 Å². The molecule has 1 aromatic carbocycles. The Bertz CT molecular complexity index is 1210. The molecule has 0 fully saturated rings. The minimum absolute atomic E-state index is 0.253. The fourth-order valence-electron chi connectivity index (χ4n) is 3.14. The van der Waals surface area contributed by atoms with Crippen LogP contribution in [0.5, 0.6) is 5.75 Å². The van der Waals surface area contributed by atoms with Gasteiger partial charge < -0.3 is 16.2 Å². The fourth-order valence-corrected chi connectivity index (χ4v) is 3.96. The molecule has 4 aromatic rings. The number of aromatic hydroxyl groups is 1. The van der Waals surface area contributed by atoms with E-state index in [1.807, 2.05) is 24.4 Å². The van der Waals surface area contributed by atoms with Crippen molar-refractivity contribution in [2.24, 2.45) is 5.73 Å². The normalized spacial score (nSPS) is 12.8. The van der Waals surface area contributed by atoms with Gasteiger partial charge in [-0.3, -0.25) is 4.98 Å². The van der Waals surface area contributed by atoms with Crippen LogP contribution in [0.1, 0.15) is 11.3 Å². The SMILES string of the molecule is N[C@H](CNc1ncc(-c2ccc3cnccc3c2)s1)Cc1cnc(C(F)(F)F)c(O)c1.